The Labute approximate surface area is 96.4 Å². The van der Waals surface area contributed by atoms with Gasteiger partial charge in [0.05, 0.1) is 6.54 Å². The molecule has 0 aromatic carbocycles. The molecule has 2 amide bonds. The van der Waals surface area contributed by atoms with Crippen molar-refractivity contribution in [2.45, 2.75) is 26.7 Å². The molecule has 0 atom stereocenters. The van der Waals surface area contributed by atoms with Gasteiger partial charge in [0, 0.05) is 12.0 Å². The van der Waals surface area contributed by atoms with Gasteiger partial charge in [0.25, 0.3) is 0 Å². The standard InChI is InChI=1S/C11H21N3O2/c1-3-13-9(15)8-14-10(16)11(2)4-6-12-7-5-11/h12H,3-8H2,1-2H3,(H,13,15)(H,14,16). The second-order valence-electron chi connectivity index (χ2n) is 4.45. The monoisotopic (exact) mass is 227 g/mol. The van der Waals surface area contributed by atoms with E-state index in [1.807, 2.05) is 13.8 Å². The molecule has 1 aliphatic heterocycles. The van der Waals surface area contributed by atoms with E-state index in [1.165, 1.54) is 0 Å². The summed E-state index contributed by atoms with van der Waals surface area (Å²) >= 11 is 0. The molecule has 1 heterocycles. The quantitative estimate of drug-likeness (QED) is 0.613. The molecule has 0 saturated carbocycles. The molecule has 0 aromatic rings. The first-order valence-corrected chi connectivity index (χ1v) is 5.84. The molecule has 5 heteroatoms. The first-order chi connectivity index (χ1) is 7.58. The van der Waals surface area contributed by atoms with Crippen molar-refractivity contribution in [1.82, 2.24) is 16.0 Å². The van der Waals surface area contributed by atoms with E-state index in [1.54, 1.807) is 0 Å². The minimum Gasteiger partial charge on any atom is -0.355 e. The van der Waals surface area contributed by atoms with Crippen LogP contribution in [0.2, 0.25) is 0 Å². The summed E-state index contributed by atoms with van der Waals surface area (Å²) in [5, 5.41) is 8.57. The second-order valence-corrected chi connectivity index (χ2v) is 4.45. The fourth-order valence-electron chi connectivity index (χ4n) is 1.84. The molecule has 5 nitrogen and oxygen atoms in total. The zero-order valence-electron chi connectivity index (χ0n) is 10.1. The fourth-order valence-corrected chi connectivity index (χ4v) is 1.84. The normalized spacial score (nSPS) is 18.9. The molecule has 1 saturated heterocycles. The molecule has 0 spiro atoms. The molecule has 92 valence electrons. The van der Waals surface area contributed by atoms with Crippen molar-refractivity contribution < 1.29 is 9.59 Å². The lowest BCUT2D eigenvalue weighted by Crippen LogP contribution is -2.48. The molecule has 0 radical (unpaired) electrons. The molecular formula is C11H21N3O2. The van der Waals surface area contributed by atoms with Crippen LogP contribution in [-0.2, 0) is 9.59 Å². The average Bonchev–Trinajstić information content (AvgIpc) is 2.27. The van der Waals surface area contributed by atoms with Crippen molar-refractivity contribution in [3.05, 3.63) is 0 Å². The Hall–Kier alpha value is -1.10. The van der Waals surface area contributed by atoms with Gasteiger partial charge in [0.1, 0.15) is 0 Å². The lowest BCUT2D eigenvalue weighted by atomic mass is 9.80. The molecule has 0 bridgehead atoms. The summed E-state index contributed by atoms with van der Waals surface area (Å²) in [6.07, 6.45) is 1.66. The van der Waals surface area contributed by atoms with E-state index in [0.717, 1.165) is 25.9 Å². The second kappa shape index (κ2) is 5.84. The Kier molecular flexibility index (Phi) is 4.73. The number of carbonyl (C=O) groups excluding carboxylic acids is 2. The maximum Gasteiger partial charge on any atom is 0.239 e. The summed E-state index contributed by atoms with van der Waals surface area (Å²) in [5.74, 6) is -0.145. The van der Waals surface area contributed by atoms with Gasteiger partial charge in [-0.3, -0.25) is 9.59 Å². The SMILES string of the molecule is CCNC(=O)CNC(=O)C1(C)CCNCC1. The molecule has 1 aliphatic rings. The Morgan fingerprint density at radius 3 is 2.44 bits per heavy atom. The molecule has 16 heavy (non-hydrogen) atoms. The van der Waals surface area contributed by atoms with Crippen molar-refractivity contribution in [1.29, 1.82) is 0 Å². The van der Waals surface area contributed by atoms with E-state index in [4.69, 9.17) is 0 Å². The lowest BCUT2D eigenvalue weighted by molar-refractivity contribution is -0.133. The van der Waals surface area contributed by atoms with E-state index >= 15 is 0 Å². The number of nitrogens with one attached hydrogen (secondary N) is 3. The first-order valence-electron chi connectivity index (χ1n) is 5.84. The molecule has 1 rings (SSSR count). The van der Waals surface area contributed by atoms with Crippen LogP contribution in [0.5, 0.6) is 0 Å². The Morgan fingerprint density at radius 1 is 1.25 bits per heavy atom. The van der Waals surface area contributed by atoms with Gasteiger partial charge in [-0.2, -0.15) is 0 Å². The number of hydrogen-bond donors (Lipinski definition) is 3. The first kappa shape index (κ1) is 13.0. The van der Waals surface area contributed by atoms with Crippen molar-refractivity contribution >= 4 is 11.8 Å². The van der Waals surface area contributed by atoms with Crippen LogP contribution in [0.3, 0.4) is 0 Å². The summed E-state index contributed by atoms with van der Waals surface area (Å²) in [7, 11) is 0. The number of amides is 2. The predicted octanol–water partition coefficient (Wildman–Crippen LogP) is -0.372. The van der Waals surface area contributed by atoms with Crippen LogP contribution in [0, 0.1) is 5.41 Å². The molecule has 3 N–H and O–H groups in total. The summed E-state index contributed by atoms with van der Waals surface area (Å²) in [4.78, 5) is 23.1. The smallest absolute Gasteiger partial charge is 0.239 e. The van der Waals surface area contributed by atoms with Crippen LogP contribution >= 0.6 is 0 Å². The van der Waals surface area contributed by atoms with Gasteiger partial charge in [0.15, 0.2) is 0 Å². The number of piperidine rings is 1. The van der Waals surface area contributed by atoms with E-state index in [-0.39, 0.29) is 23.8 Å². The highest BCUT2D eigenvalue weighted by Crippen LogP contribution is 2.27. The van der Waals surface area contributed by atoms with Crippen LogP contribution in [0.15, 0.2) is 0 Å². The maximum atomic E-state index is 11.9. The molecule has 0 unspecified atom stereocenters. The zero-order chi connectivity index (χ0) is 12.0. The zero-order valence-corrected chi connectivity index (χ0v) is 10.1. The maximum absolute atomic E-state index is 11.9. The largest absolute Gasteiger partial charge is 0.355 e. The van der Waals surface area contributed by atoms with E-state index in [0.29, 0.717) is 6.54 Å². The summed E-state index contributed by atoms with van der Waals surface area (Å²) in [6.45, 7) is 6.22. The number of hydrogen-bond acceptors (Lipinski definition) is 3. The topological polar surface area (TPSA) is 70.2 Å². The third-order valence-corrected chi connectivity index (χ3v) is 3.04. The minimum atomic E-state index is -0.322. The van der Waals surface area contributed by atoms with Gasteiger partial charge in [-0.1, -0.05) is 6.92 Å². The Balaban J connectivity index is 2.36. The Bertz CT molecular complexity index is 260. The van der Waals surface area contributed by atoms with Crippen LogP contribution in [0.25, 0.3) is 0 Å². The van der Waals surface area contributed by atoms with Gasteiger partial charge >= 0.3 is 0 Å². The van der Waals surface area contributed by atoms with Gasteiger partial charge < -0.3 is 16.0 Å². The average molecular weight is 227 g/mol. The predicted molar refractivity (Wildman–Crippen MR) is 61.9 cm³/mol. The van der Waals surface area contributed by atoms with Gasteiger partial charge in [-0.25, -0.2) is 0 Å². The highest BCUT2D eigenvalue weighted by atomic mass is 16.2. The lowest BCUT2D eigenvalue weighted by Gasteiger charge is -2.32. The van der Waals surface area contributed by atoms with Crippen LogP contribution in [0.1, 0.15) is 26.7 Å². The number of likely N-dealkylation sites (N-methyl/N-ethyl adjacent to an activating group) is 1. The third-order valence-electron chi connectivity index (χ3n) is 3.04. The highest BCUT2D eigenvalue weighted by molar-refractivity contribution is 5.87. The van der Waals surface area contributed by atoms with Crippen LogP contribution < -0.4 is 16.0 Å². The van der Waals surface area contributed by atoms with Crippen molar-refractivity contribution in [3.63, 3.8) is 0 Å². The Morgan fingerprint density at radius 2 is 1.88 bits per heavy atom. The molecule has 0 aromatic heterocycles. The number of carbonyl (C=O) groups is 2. The molecular weight excluding hydrogens is 206 g/mol. The van der Waals surface area contributed by atoms with E-state index < -0.39 is 0 Å². The van der Waals surface area contributed by atoms with E-state index in [2.05, 4.69) is 16.0 Å². The van der Waals surface area contributed by atoms with Gasteiger partial charge in [-0.05, 0) is 32.9 Å². The van der Waals surface area contributed by atoms with Crippen molar-refractivity contribution in [2.75, 3.05) is 26.2 Å². The third kappa shape index (κ3) is 3.48. The van der Waals surface area contributed by atoms with Crippen LogP contribution in [-0.4, -0.2) is 38.0 Å². The highest BCUT2D eigenvalue weighted by Gasteiger charge is 2.34. The molecule has 1 fully saturated rings. The van der Waals surface area contributed by atoms with Crippen LogP contribution in [0.4, 0.5) is 0 Å². The van der Waals surface area contributed by atoms with Crippen molar-refractivity contribution in [3.8, 4) is 0 Å². The minimum absolute atomic E-state index is 0.0137. The van der Waals surface area contributed by atoms with Gasteiger partial charge in [-0.15, -0.1) is 0 Å². The summed E-state index contributed by atoms with van der Waals surface area (Å²) in [6, 6.07) is 0. The van der Waals surface area contributed by atoms with E-state index in [9.17, 15) is 9.59 Å². The summed E-state index contributed by atoms with van der Waals surface area (Å²) in [5.41, 5.74) is -0.322. The van der Waals surface area contributed by atoms with Gasteiger partial charge in [0.2, 0.25) is 11.8 Å². The summed E-state index contributed by atoms with van der Waals surface area (Å²) < 4.78 is 0. The van der Waals surface area contributed by atoms with Crippen molar-refractivity contribution in [2.24, 2.45) is 5.41 Å². The fraction of sp³-hybridized carbons (Fsp3) is 0.818. The number of rotatable bonds is 4. The molecule has 0 aliphatic carbocycles.